The van der Waals surface area contributed by atoms with Gasteiger partial charge in [-0.3, -0.25) is 4.79 Å². The van der Waals surface area contributed by atoms with Crippen molar-refractivity contribution < 1.29 is 14.6 Å². The number of pyridine rings is 1. The van der Waals surface area contributed by atoms with E-state index in [2.05, 4.69) is 10.3 Å². The molecule has 0 bridgehead atoms. The number of amides is 1. The molecule has 1 aromatic rings. The highest BCUT2D eigenvalue weighted by Crippen LogP contribution is 2.29. The maximum absolute atomic E-state index is 11.0. The summed E-state index contributed by atoms with van der Waals surface area (Å²) in [4.78, 5) is 15.0. The van der Waals surface area contributed by atoms with Gasteiger partial charge in [-0.1, -0.05) is 0 Å². The van der Waals surface area contributed by atoms with Crippen molar-refractivity contribution in [3.8, 4) is 5.75 Å². The van der Waals surface area contributed by atoms with Crippen molar-refractivity contribution in [3.05, 3.63) is 17.3 Å². The fraction of sp³-hybridized carbons (Fsp3) is 0.333. The number of ether oxygens (including phenoxy) is 1. The van der Waals surface area contributed by atoms with E-state index in [4.69, 9.17) is 9.84 Å². The predicted octanol–water partition coefficient (Wildman–Crippen LogP) is 0.213. The monoisotopic (exact) mass is 194 g/mol. The Bertz CT molecular complexity index is 390. The Morgan fingerprint density at radius 3 is 3.21 bits per heavy atom. The van der Waals surface area contributed by atoms with E-state index in [-0.39, 0.29) is 19.1 Å². The smallest absolute Gasteiger partial charge is 0.263 e. The Morgan fingerprint density at radius 1 is 1.71 bits per heavy atom. The molecule has 1 aromatic heterocycles. The van der Waals surface area contributed by atoms with E-state index < -0.39 is 0 Å². The van der Waals surface area contributed by atoms with E-state index in [1.165, 1.54) is 0 Å². The van der Waals surface area contributed by atoms with Gasteiger partial charge in [-0.25, -0.2) is 4.98 Å². The third-order valence-electron chi connectivity index (χ3n) is 1.98. The van der Waals surface area contributed by atoms with Gasteiger partial charge >= 0.3 is 0 Å². The molecular weight excluding hydrogens is 184 g/mol. The van der Waals surface area contributed by atoms with Gasteiger partial charge in [-0.15, -0.1) is 0 Å². The first-order chi connectivity index (χ1) is 6.70. The number of aliphatic hydroxyl groups is 1. The summed E-state index contributed by atoms with van der Waals surface area (Å²) in [5.74, 6) is 0.756. The number of aryl methyl sites for hydroxylation is 1. The number of nitrogens with zero attached hydrogens (tertiary/aromatic N) is 1. The number of aromatic nitrogens is 1. The number of fused-ring (bicyclic) bond motifs is 1. The number of nitrogens with one attached hydrogen (secondary N) is 1. The summed E-state index contributed by atoms with van der Waals surface area (Å²) >= 11 is 0. The van der Waals surface area contributed by atoms with Crippen molar-refractivity contribution >= 4 is 11.7 Å². The molecule has 0 saturated carbocycles. The van der Waals surface area contributed by atoms with Crippen LogP contribution in [0.3, 0.4) is 0 Å². The van der Waals surface area contributed by atoms with E-state index in [1.807, 2.05) is 6.92 Å². The minimum atomic E-state index is -0.223. The van der Waals surface area contributed by atoms with Crippen molar-refractivity contribution in [2.45, 2.75) is 13.5 Å². The summed E-state index contributed by atoms with van der Waals surface area (Å²) in [6, 6.07) is 1.73. The zero-order chi connectivity index (χ0) is 10.1. The van der Waals surface area contributed by atoms with Gasteiger partial charge < -0.3 is 15.2 Å². The van der Waals surface area contributed by atoms with Gasteiger partial charge in [-0.05, 0) is 18.6 Å². The van der Waals surface area contributed by atoms with E-state index in [0.717, 1.165) is 5.56 Å². The fourth-order valence-corrected chi connectivity index (χ4v) is 1.38. The first kappa shape index (κ1) is 8.96. The Hall–Kier alpha value is -1.62. The lowest BCUT2D eigenvalue weighted by molar-refractivity contribution is -0.118. The molecule has 0 fully saturated rings. The summed E-state index contributed by atoms with van der Waals surface area (Å²) in [5, 5.41) is 11.5. The van der Waals surface area contributed by atoms with Crippen LogP contribution in [0.2, 0.25) is 0 Å². The summed E-state index contributed by atoms with van der Waals surface area (Å²) in [6.07, 6.45) is 0. The van der Waals surface area contributed by atoms with Crippen LogP contribution in [-0.2, 0) is 11.4 Å². The van der Waals surface area contributed by atoms with E-state index in [0.29, 0.717) is 17.3 Å². The molecule has 0 radical (unpaired) electrons. The van der Waals surface area contributed by atoms with Crippen LogP contribution in [0.25, 0.3) is 0 Å². The second-order valence-corrected chi connectivity index (χ2v) is 3.10. The van der Waals surface area contributed by atoms with Gasteiger partial charge in [0.15, 0.2) is 18.2 Å². The first-order valence-electron chi connectivity index (χ1n) is 4.24. The molecule has 5 nitrogen and oxygen atoms in total. The third kappa shape index (κ3) is 1.42. The summed E-state index contributed by atoms with van der Waals surface area (Å²) in [5.41, 5.74) is 1.38. The van der Waals surface area contributed by atoms with E-state index >= 15 is 0 Å². The SMILES string of the molecule is Cc1cc(CO)nc2c1OCC(=O)N2. The second kappa shape index (κ2) is 3.26. The molecule has 1 aliphatic heterocycles. The van der Waals surface area contributed by atoms with Gasteiger partial charge in [0.05, 0.1) is 12.3 Å². The van der Waals surface area contributed by atoms with Gasteiger partial charge in [-0.2, -0.15) is 0 Å². The number of rotatable bonds is 1. The fourth-order valence-electron chi connectivity index (χ4n) is 1.38. The van der Waals surface area contributed by atoms with Crippen LogP contribution >= 0.6 is 0 Å². The molecule has 74 valence electrons. The normalized spacial score (nSPS) is 14.3. The minimum absolute atomic E-state index is 0.0218. The quantitative estimate of drug-likeness (QED) is 0.670. The van der Waals surface area contributed by atoms with E-state index in [1.54, 1.807) is 6.07 Å². The van der Waals surface area contributed by atoms with Gasteiger partial charge in [0.1, 0.15) is 0 Å². The molecule has 0 atom stereocenters. The number of hydrogen-bond acceptors (Lipinski definition) is 4. The topological polar surface area (TPSA) is 71.5 Å². The van der Waals surface area contributed by atoms with Crippen molar-refractivity contribution in [2.24, 2.45) is 0 Å². The van der Waals surface area contributed by atoms with Crippen LogP contribution in [0, 0.1) is 6.92 Å². The predicted molar refractivity (Wildman–Crippen MR) is 49.0 cm³/mol. The maximum atomic E-state index is 11.0. The summed E-state index contributed by atoms with van der Waals surface area (Å²) in [7, 11) is 0. The molecule has 14 heavy (non-hydrogen) atoms. The average molecular weight is 194 g/mol. The number of carbonyl (C=O) groups excluding carboxylic acids is 1. The molecule has 2 N–H and O–H groups in total. The Morgan fingerprint density at radius 2 is 2.50 bits per heavy atom. The lowest BCUT2D eigenvalue weighted by Gasteiger charge is -2.19. The van der Waals surface area contributed by atoms with Crippen LogP contribution in [0.1, 0.15) is 11.3 Å². The Kier molecular flexibility index (Phi) is 2.09. The zero-order valence-corrected chi connectivity index (χ0v) is 7.70. The van der Waals surface area contributed by atoms with Crippen LogP contribution < -0.4 is 10.1 Å². The van der Waals surface area contributed by atoms with Crippen LogP contribution in [-0.4, -0.2) is 22.6 Å². The van der Waals surface area contributed by atoms with Crippen molar-refractivity contribution in [2.75, 3.05) is 11.9 Å². The lowest BCUT2D eigenvalue weighted by Crippen LogP contribution is -2.27. The lowest BCUT2D eigenvalue weighted by atomic mass is 10.2. The standard InChI is InChI=1S/C9H10N2O3/c1-5-2-6(3-12)10-9-8(5)14-4-7(13)11-9/h2,12H,3-4H2,1H3,(H,10,11,13). The molecule has 0 unspecified atom stereocenters. The first-order valence-corrected chi connectivity index (χ1v) is 4.24. The molecule has 5 heteroatoms. The maximum Gasteiger partial charge on any atom is 0.263 e. The highest BCUT2D eigenvalue weighted by Gasteiger charge is 2.19. The molecule has 0 aromatic carbocycles. The number of aliphatic hydroxyl groups excluding tert-OH is 1. The van der Waals surface area contributed by atoms with E-state index in [9.17, 15) is 4.79 Å². The van der Waals surface area contributed by atoms with Crippen LogP contribution in [0.5, 0.6) is 5.75 Å². The van der Waals surface area contributed by atoms with Crippen LogP contribution in [0.4, 0.5) is 5.82 Å². The zero-order valence-electron chi connectivity index (χ0n) is 7.70. The van der Waals surface area contributed by atoms with Crippen molar-refractivity contribution in [3.63, 3.8) is 0 Å². The number of hydrogen-bond donors (Lipinski definition) is 2. The van der Waals surface area contributed by atoms with Crippen molar-refractivity contribution in [1.29, 1.82) is 0 Å². The highest BCUT2D eigenvalue weighted by molar-refractivity contribution is 5.94. The number of carbonyl (C=O) groups is 1. The van der Waals surface area contributed by atoms with Gasteiger partial charge in [0, 0.05) is 0 Å². The minimum Gasteiger partial charge on any atom is -0.480 e. The summed E-state index contributed by atoms with van der Waals surface area (Å²) in [6.45, 7) is 1.72. The Balaban J connectivity index is 2.48. The molecule has 2 heterocycles. The second-order valence-electron chi connectivity index (χ2n) is 3.10. The van der Waals surface area contributed by atoms with Gasteiger partial charge in [0.25, 0.3) is 5.91 Å². The molecular formula is C9H10N2O3. The third-order valence-corrected chi connectivity index (χ3v) is 1.98. The highest BCUT2D eigenvalue weighted by atomic mass is 16.5. The molecule has 0 spiro atoms. The molecule has 0 saturated heterocycles. The summed E-state index contributed by atoms with van der Waals surface area (Å²) < 4.78 is 5.21. The largest absolute Gasteiger partial charge is 0.480 e. The molecule has 1 aliphatic rings. The molecule has 2 rings (SSSR count). The Labute approximate surface area is 80.7 Å². The average Bonchev–Trinajstić information content (AvgIpc) is 2.16. The van der Waals surface area contributed by atoms with Crippen molar-refractivity contribution in [1.82, 2.24) is 4.98 Å². The number of anilines is 1. The van der Waals surface area contributed by atoms with Crippen LogP contribution in [0.15, 0.2) is 6.07 Å². The molecule has 0 aliphatic carbocycles. The van der Waals surface area contributed by atoms with Gasteiger partial charge in [0.2, 0.25) is 0 Å². The molecule has 1 amide bonds.